The highest BCUT2D eigenvalue weighted by Crippen LogP contribution is 2.22. The molecule has 5 nitrogen and oxygen atoms in total. The number of nitrogens with one attached hydrogen (secondary N) is 1. The molecule has 0 fully saturated rings. The first-order valence-electron chi connectivity index (χ1n) is 4.97. The first-order chi connectivity index (χ1) is 7.69. The van der Waals surface area contributed by atoms with Crippen molar-refractivity contribution in [1.29, 1.82) is 0 Å². The molecule has 1 rings (SSSR count). The Morgan fingerprint density at radius 1 is 1.53 bits per heavy atom. The normalized spacial score (nSPS) is 13.0. The summed E-state index contributed by atoms with van der Waals surface area (Å²) in [5, 5.41) is 3.86. The molecule has 0 saturated heterocycles. The summed E-state index contributed by atoms with van der Waals surface area (Å²) in [6.45, 7) is 3.52. The number of aryl methyl sites for hydroxylation is 1. The van der Waals surface area contributed by atoms with Gasteiger partial charge in [-0.3, -0.25) is 4.68 Å². The molecule has 0 atom stereocenters. The Morgan fingerprint density at radius 2 is 2.12 bits per heavy atom. The van der Waals surface area contributed by atoms with Gasteiger partial charge < -0.3 is 0 Å². The maximum absolute atomic E-state index is 12.1. The molecule has 8 heteroatoms. The summed E-state index contributed by atoms with van der Waals surface area (Å²) >= 11 is 11.4. The van der Waals surface area contributed by atoms with Crippen molar-refractivity contribution < 1.29 is 8.42 Å². The van der Waals surface area contributed by atoms with Crippen molar-refractivity contribution in [3.05, 3.63) is 11.2 Å². The van der Waals surface area contributed by atoms with Crippen molar-refractivity contribution >= 4 is 33.2 Å². The van der Waals surface area contributed by atoms with Gasteiger partial charge in [0.05, 0.1) is 11.2 Å². The van der Waals surface area contributed by atoms with Crippen molar-refractivity contribution in [2.24, 2.45) is 7.05 Å². The third-order valence-electron chi connectivity index (χ3n) is 2.23. The first kappa shape index (κ1) is 14.8. The molecule has 1 aromatic heterocycles. The van der Waals surface area contributed by atoms with E-state index >= 15 is 0 Å². The topological polar surface area (TPSA) is 64.0 Å². The van der Waals surface area contributed by atoms with Crippen LogP contribution in [0.2, 0.25) is 5.02 Å². The summed E-state index contributed by atoms with van der Waals surface area (Å²) in [6, 6.07) is 0. The smallest absolute Gasteiger partial charge is 0.255 e. The van der Waals surface area contributed by atoms with E-state index in [0.717, 1.165) is 0 Å². The van der Waals surface area contributed by atoms with Gasteiger partial charge in [-0.05, 0) is 20.3 Å². The highest BCUT2D eigenvalue weighted by molar-refractivity contribution is 7.89. The summed E-state index contributed by atoms with van der Waals surface area (Å²) < 4.78 is 28.0. The Morgan fingerprint density at radius 3 is 2.53 bits per heavy atom. The molecular formula is C9H15Cl2N3O2S. The van der Waals surface area contributed by atoms with E-state index in [1.807, 2.05) is 0 Å². The van der Waals surface area contributed by atoms with Crippen LogP contribution in [0.25, 0.3) is 0 Å². The van der Waals surface area contributed by atoms with Gasteiger partial charge in [-0.1, -0.05) is 11.6 Å². The molecule has 0 radical (unpaired) electrons. The zero-order chi connectivity index (χ0) is 13.3. The Balaban J connectivity index is 3.06. The van der Waals surface area contributed by atoms with Gasteiger partial charge in [0.1, 0.15) is 0 Å². The minimum Gasteiger partial charge on any atom is -0.255 e. The maximum Gasteiger partial charge on any atom is 0.259 e. The van der Waals surface area contributed by atoms with E-state index in [0.29, 0.717) is 12.3 Å². The second-order valence-electron chi connectivity index (χ2n) is 4.35. The van der Waals surface area contributed by atoms with Gasteiger partial charge in [0, 0.05) is 18.5 Å². The molecular weight excluding hydrogens is 285 g/mol. The number of aromatic nitrogens is 2. The van der Waals surface area contributed by atoms with Crippen molar-refractivity contribution in [2.75, 3.05) is 5.88 Å². The molecule has 0 aliphatic carbocycles. The van der Waals surface area contributed by atoms with E-state index in [-0.39, 0.29) is 10.0 Å². The Labute approximate surface area is 111 Å². The summed E-state index contributed by atoms with van der Waals surface area (Å²) in [5.74, 6) is 0.370. The predicted octanol–water partition coefficient (Wildman–Crippen LogP) is 1.76. The van der Waals surface area contributed by atoms with Crippen LogP contribution in [0.1, 0.15) is 20.3 Å². The van der Waals surface area contributed by atoms with E-state index in [4.69, 9.17) is 23.2 Å². The molecule has 0 bridgehead atoms. The van der Waals surface area contributed by atoms with Crippen molar-refractivity contribution in [1.82, 2.24) is 14.5 Å². The summed E-state index contributed by atoms with van der Waals surface area (Å²) in [7, 11) is -2.18. The van der Waals surface area contributed by atoms with E-state index in [1.165, 1.54) is 17.9 Å². The SMILES string of the molecule is Cn1ncc(Cl)c1S(=O)(=O)NC(C)(C)CCCl. The molecule has 1 N–H and O–H groups in total. The fraction of sp³-hybridized carbons (Fsp3) is 0.667. The minimum absolute atomic E-state index is 0.0400. The monoisotopic (exact) mass is 299 g/mol. The number of sulfonamides is 1. The lowest BCUT2D eigenvalue weighted by molar-refractivity contribution is 0.438. The molecule has 0 amide bonds. The summed E-state index contributed by atoms with van der Waals surface area (Å²) in [5.41, 5.74) is -0.631. The van der Waals surface area contributed by atoms with Gasteiger partial charge >= 0.3 is 0 Å². The fourth-order valence-electron chi connectivity index (χ4n) is 1.40. The standard InChI is InChI=1S/C9H15Cl2N3O2S/c1-9(2,4-5-10)13-17(15,16)8-7(11)6-12-14(8)3/h6,13H,4-5H2,1-3H3. The van der Waals surface area contributed by atoms with Crippen LogP contribution in [0.15, 0.2) is 11.2 Å². The van der Waals surface area contributed by atoms with Crippen LogP contribution < -0.4 is 4.72 Å². The molecule has 17 heavy (non-hydrogen) atoms. The van der Waals surface area contributed by atoms with Crippen molar-refractivity contribution in [3.63, 3.8) is 0 Å². The highest BCUT2D eigenvalue weighted by Gasteiger charge is 2.29. The van der Waals surface area contributed by atoms with Crippen LogP contribution in [-0.4, -0.2) is 29.6 Å². The number of rotatable bonds is 5. The minimum atomic E-state index is -3.70. The zero-order valence-electron chi connectivity index (χ0n) is 9.87. The van der Waals surface area contributed by atoms with Gasteiger partial charge in [0.2, 0.25) is 0 Å². The molecule has 1 heterocycles. The van der Waals surface area contributed by atoms with Crippen LogP contribution in [0.5, 0.6) is 0 Å². The molecule has 0 saturated carbocycles. The van der Waals surface area contributed by atoms with E-state index in [1.54, 1.807) is 13.8 Å². The van der Waals surface area contributed by atoms with Gasteiger partial charge in [-0.15, -0.1) is 11.6 Å². The molecule has 1 aromatic rings. The van der Waals surface area contributed by atoms with Crippen molar-refractivity contribution in [3.8, 4) is 0 Å². The third-order valence-corrected chi connectivity index (χ3v) is 4.62. The average Bonchev–Trinajstić information content (AvgIpc) is 2.43. The van der Waals surface area contributed by atoms with Crippen LogP contribution in [0.3, 0.4) is 0 Å². The van der Waals surface area contributed by atoms with Crippen LogP contribution in [0, 0.1) is 0 Å². The zero-order valence-corrected chi connectivity index (χ0v) is 12.2. The van der Waals surface area contributed by atoms with Gasteiger partial charge in [0.15, 0.2) is 5.03 Å². The Hall–Kier alpha value is -0.300. The highest BCUT2D eigenvalue weighted by atomic mass is 35.5. The first-order valence-corrected chi connectivity index (χ1v) is 7.36. The lowest BCUT2D eigenvalue weighted by Crippen LogP contribution is -2.44. The van der Waals surface area contributed by atoms with Crippen LogP contribution in [-0.2, 0) is 17.1 Å². The summed E-state index contributed by atoms with van der Waals surface area (Å²) in [4.78, 5) is 0. The van der Waals surface area contributed by atoms with E-state index < -0.39 is 15.6 Å². The number of nitrogens with zero attached hydrogens (tertiary/aromatic N) is 2. The average molecular weight is 300 g/mol. The Kier molecular flexibility index (Phi) is 4.46. The largest absolute Gasteiger partial charge is 0.259 e. The molecule has 0 aromatic carbocycles. The van der Waals surface area contributed by atoms with Gasteiger partial charge in [-0.25, -0.2) is 13.1 Å². The molecule has 0 aliphatic rings. The second kappa shape index (κ2) is 5.14. The van der Waals surface area contributed by atoms with Gasteiger partial charge in [0.25, 0.3) is 10.0 Å². The number of hydrogen-bond acceptors (Lipinski definition) is 3. The van der Waals surface area contributed by atoms with Crippen LogP contribution >= 0.6 is 23.2 Å². The van der Waals surface area contributed by atoms with E-state index in [2.05, 4.69) is 9.82 Å². The number of halogens is 2. The van der Waals surface area contributed by atoms with E-state index in [9.17, 15) is 8.42 Å². The fourth-order valence-corrected chi connectivity index (χ4v) is 3.97. The van der Waals surface area contributed by atoms with Crippen LogP contribution in [0.4, 0.5) is 0 Å². The third kappa shape index (κ3) is 3.58. The predicted molar refractivity (Wildman–Crippen MR) is 68.0 cm³/mol. The number of hydrogen-bond donors (Lipinski definition) is 1. The maximum atomic E-state index is 12.1. The lowest BCUT2D eigenvalue weighted by Gasteiger charge is -2.24. The Bertz CT molecular complexity index is 477. The van der Waals surface area contributed by atoms with Crippen molar-refractivity contribution in [2.45, 2.75) is 30.8 Å². The molecule has 98 valence electrons. The second-order valence-corrected chi connectivity index (χ2v) is 6.73. The molecule has 0 unspecified atom stereocenters. The molecule has 0 aliphatic heterocycles. The lowest BCUT2D eigenvalue weighted by atomic mass is 10.0. The summed E-state index contributed by atoms with van der Waals surface area (Å²) in [6.07, 6.45) is 1.81. The number of alkyl halides is 1. The quantitative estimate of drug-likeness (QED) is 0.843. The molecule has 0 spiro atoms. The van der Waals surface area contributed by atoms with Gasteiger partial charge in [-0.2, -0.15) is 5.10 Å².